The predicted octanol–water partition coefficient (Wildman–Crippen LogP) is 1.24. The van der Waals surface area contributed by atoms with Crippen molar-refractivity contribution in [2.24, 2.45) is 7.05 Å². The molecule has 94 valence electrons. The lowest BCUT2D eigenvalue weighted by atomic mass is 10.2. The first kappa shape index (κ1) is 12.2. The lowest BCUT2D eigenvalue weighted by molar-refractivity contribution is 0.0942. The Bertz CT molecular complexity index is 574. The fourth-order valence-corrected chi connectivity index (χ4v) is 1.77. The molecule has 2 aromatic heterocycles. The average Bonchev–Trinajstić information content (AvgIpc) is 2.67. The standard InChI is InChI=1S/C13H16N4O/c1-9-4-3-5-15-11(9)7-16-13(18)12-6-10(14)8-17(12)2/h3-6,8H,7,14H2,1-2H3,(H,16,18). The molecule has 2 aromatic rings. The minimum Gasteiger partial charge on any atom is -0.397 e. The van der Waals surface area contributed by atoms with Gasteiger partial charge in [-0.15, -0.1) is 0 Å². The molecule has 0 aliphatic carbocycles. The Morgan fingerprint density at radius 3 is 2.94 bits per heavy atom. The molecule has 5 nitrogen and oxygen atoms in total. The Balaban J connectivity index is 2.05. The van der Waals surface area contributed by atoms with E-state index in [2.05, 4.69) is 10.3 Å². The van der Waals surface area contributed by atoms with Crippen molar-refractivity contribution in [2.75, 3.05) is 5.73 Å². The second-order valence-electron chi connectivity index (χ2n) is 4.22. The molecule has 0 bridgehead atoms. The molecule has 0 spiro atoms. The minimum absolute atomic E-state index is 0.153. The van der Waals surface area contributed by atoms with E-state index in [-0.39, 0.29) is 5.91 Å². The number of carbonyl (C=O) groups is 1. The number of hydrogen-bond donors (Lipinski definition) is 2. The van der Waals surface area contributed by atoms with Crippen LogP contribution in [-0.4, -0.2) is 15.5 Å². The summed E-state index contributed by atoms with van der Waals surface area (Å²) in [7, 11) is 1.79. The van der Waals surface area contributed by atoms with Gasteiger partial charge in [-0.2, -0.15) is 0 Å². The predicted molar refractivity (Wildman–Crippen MR) is 70.0 cm³/mol. The van der Waals surface area contributed by atoms with Crippen LogP contribution in [0.2, 0.25) is 0 Å². The van der Waals surface area contributed by atoms with Crippen LogP contribution in [0.3, 0.4) is 0 Å². The normalized spacial score (nSPS) is 10.3. The Morgan fingerprint density at radius 1 is 1.56 bits per heavy atom. The van der Waals surface area contributed by atoms with E-state index in [4.69, 9.17) is 5.73 Å². The molecule has 3 N–H and O–H groups in total. The third-order valence-electron chi connectivity index (χ3n) is 2.79. The van der Waals surface area contributed by atoms with E-state index < -0.39 is 0 Å². The lowest BCUT2D eigenvalue weighted by Crippen LogP contribution is -2.25. The van der Waals surface area contributed by atoms with Crippen LogP contribution >= 0.6 is 0 Å². The topological polar surface area (TPSA) is 72.9 Å². The fraction of sp³-hybridized carbons (Fsp3) is 0.231. The van der Waals surface area contributed by atoms with Crippen molar-refractivity contribution in [1.29, 1.82) is 0 Å². The van der Waals surface area contributed by atoms with Crippen LogP contribution in [0.15, 0.2) is 30.6 Å². The van der Waals surface area contributed by atoms with Gasteiger partial charge in [0.15, 0.2) is 0 Å². The van der Waals surface area contributed by atoms with Crippen molar-refractivity contribution in [3.63, 3.8) is 0 Å². The number of nitrogen functional groups attached to an aromatic ring is 1. The Kier molecular flexibility index (Phi) is 3.32. The highest BCUT2D eigenvalue weighted by Crippen LogP contribution is 2.09. The van der Waals surface area contributed by atoms with E-state index in [1.807, 2.05) is 19.1 Å². The van der Waals surface area contributed by atoms with Crippen LogP contribution in [0, 0.1) is 6.92 Å². The maximum Gasteiger partial charge on any atom is 0.268 e. The molecule has 0 aliphatic rings. The van der Waals surface area contributed by atoms with E-state index >= 15 is 0 Å². The third-order valence-corrected chi connectivity index (χ3v) is 2.79. The average molecular weight is 244 g/mol. The van der Waals surface area contributed by atoms with E-state index in [9.17, 15) is 4.79 Å². The second kappa shape index (κ2) is 4.91. The van der Waals surface area contributed by atoms with Crippen molar-refractivity contribution in [2.45, 2.75) is 13.5 Å². The van der Waals surface area contributed by atoms with Gasteiger partial charge in [0, 0.05) is 19.4 Å². The molecule has 0 aromatic carbocycles. The van der Waals surface area contributed by atoms with Crippen molar-refractivity contribution in [3.8, 4) is 0 Å². The van der Waals surface area contributed by atoms with Crippen molar-refractivity contribution in [1.82, 2.24) is 14.9 Å². The molecule has 0 fully saturated rings. The summed E-state index contributed by atoms with van der Waals surface area (Å²) in [4.78, 5) is 16.2. The zero-order valence-electron chi connectivity index (χ0n) is 10.5. The summed E-state index contributed by atoms with van der Waals surface area (Å²) in [5, 5.41) is 2.83. The zero-order valence-corrected chi connectivity index (χ0v) is 10.5. The minimum atomic E-state index is -0.153. The first-order chi connectivity index (χ1) is 8.58. The van der Waals surface area contributed by atoms with Gasteiger partial charge in [0.1, 0.15) is 5.69 Å². The smallest absolute Gasteiger partial charge is 0.268 e. The molecular formula is C13H16N4O. The van der Waals surface area contributed by atoms with Crippen LogP contribution in [0.4, 0.5) is 5.69 Å². The number of amides is 1. The number of nitrogens with one attached hydrogen (secondary N) is 1. The molecule has 1 amide bonds. The van der Waals surface area contributed by atoms with Gasteiger partial charge >= 0.3 is 0 Å². The molecule has 2 heterocycles. The van der Waals surface area contributed by atoms with Crippen molar-refractivity contribution >= 4 is 11.6 Å². The quantitative estimate of drug-likeness (QED) is 0.853. The van der Waals surface area contributed by atoms with Crippen LogP contribution in [0.25, 0.3) is 0 Å². The summed E-state index contributed by atoms with van der Waals surface area (Å²) < 4.78 is 1.70. The van der Waals surface area contributed by atoms with E-state index in [0.29, 0.717) is 17.9 Å². The molecule has 5 heteroatoms. The fourth-order valence-electron chi connectivity index (χ4n) is 1.77. The number of aromatic nitrogens is 2. The van der Waals surface area contributed by atoms with Crippen LogP contribution in [0.5, 0.6) is 0 Å². The Morgan fingerprint density at radius 2 is 2.33 bits per heavy atom. The number of carbonyl (C=O) groups excluding carboxylic acids is 1. The summed E-state index contributed by atoms with van der Waals surface area (Å²) in [6.45, 7) is 2.38. The first-order valence-corrected chi connectivity index (χ1v) is 5.68. The number of aryl methyl sites for hydroxylation is 2. The molecule has 0 radical (unpaired) electrons. The van der Waals surface area contributed by atoms with Gasteiger partial charge in [-0.3, -0.25) is 9.78 Å². The highest BCUT2D eigenvalue weighted by atomic mass is 16.1. The number of anilines is 1. The van der Waals surface area contributed by atoms with Gasteiger partial charge in [0.25, 0.3) is 5.91 Å². The molecule has 18 heavy (non-hydrogen) atoms. The van der Waals surface area contributed by atoms with Gasteiger partial charge in [-0.1, -0.05) is 6.07 Å². The summed E-state index contributed by atoms with van der Waals surface area (Å²) in [5.41, 5.74) is 8.69. The Hall–Kier alpha value is -2.30. The van der Waals surface area contributed by atoms with E-state index in [1.54, 1.807) is 30.1 Å². The van der Waals surface area contributed by atoms with Gasteiger partial charge in [-0.05, 0) is 24.6 Å². The number of rotatable bonds is 3. The molecular weight excluding hydrogens is 228 g/mol. The van der Waals surface area contributed by atoms with E-state index in [0.717, 1.165) is 11.3 Å². The van der Waals surface area contributed by atoms with Crippen LogP contribution in [-0.2, 0) is 13.6 Å². The van der Waals surface area contributed by atoms with Gasteiger partial charge in [0.05, 0.1) is 17.9 Å². The number of hydrogen-bond acceptors (Lipinski definition) is 3. The second-order valence-corrected chi connectivity index (χ2v) is 4.22. The summed E-state index contributed by atoms with van der Waals surface area (Å²) in [6, 6.07) is 5.49. The molecule has 0 atom stereocenters. The van der Waals surface area contributed by atoms with Gasteiger partial charge in [-0.25, -0.2) is 0 Å². The maximum atomic E-state index is 11.9. The number of pyridine rings is 1. The largest absolute Gasteiger partial charge is 0.397 e. The molecule has 2 rings (SSSR count). The van der Waals surface area contributed by atoms with Crippen molar-refractivity contribution < 1.29 is 4.79 Å². The van der Waals surface area contributed by atoms with Gasteiger partial charge < -0.3 is 15.6 Å². The van der Waals surface area contributed by atoms with Crippen LogP contribution < -0.4 is 11.1 Å². The number of nitrogens with two attached hydrogens (primary N) is 1. The molecule has 0 unspecified atom stereocenters. The highest BCUT2D eigenvalue weighted by molar-refractivity contribution is 5.93. The van der Waals surface area contributed by atoms with E-state index in [1.165, 1.54) is 0 Å². The summed E-state index contributed by atoms with van der Waals surface area (Å²) in [6.07, 6.45) is 3.43. The maximum absolute atomic E-state index is 11.9. The monoisotopic (exact) mass is 244 g/mol. The zero-order chi connectivity index (χ0) is 13.1. The summed E-state index contributed by atoms with van der Waals surface area (Å²) >= 11 is 0. The highest BCUT2D eigenvalue weighted by Gasteiger charge is 2.10. The SMILES string of the molecule is Cc1cccnc1CNC(=O)c1cc(N)cn1C. The third kappa shape index (κ3) is 2.51. The van der Waals surface area contributed by atoms with Crippen LogP contribution in [0.1, 0.15) is 21.7 Å². The number of nitrogens with zero attached hydrogens (tertiary/aromatic N) is 2. The lowest BCUT2D eigenvalue weighted by Gasteiger charge is -2.07. The molecule has 0 saturated heterocycles. The van der Waals surface area contributed by atoms with Crippen molar-refractivity contribution in [3.05, 3.63) is 47.5 Å². The molecule has 0 saturated carbocycles. The summed E-state index contributed by atoms with van der Waals surface area (Å²) in [5.74, 6) is -0.153. The Labute approximate surface area is 106 Å². The first-order valence-electron chi connectivity index (χ1n) is 5.68. The van der Waals surface area contributed by atoms with Gasteiger partial charge in [0.2, 0.25) is 0 Å². The molecule has 0 aliphatic heterocycles.